The smallest absolute Gasteiger partial charge is 0.259 e. The van der Waals surface area contributed by atoms with Gasteiger partial charge in [-0.2, -0.15) is 0 Å². The number of rotatable bonds is 6. The zero-order valence-corrected chi connectivity index (χ0v) is 18.0. The highest BCUT2D eigenvalue weighted by atomic mass is 16.2. The first-order chi connectivity index (χ1) is 14.8. The first-order valence-electron chi connectivity index (χ1n) is 9.94. The average Bonchev–Trinajstić information content (AvgIpc) is 3.02. The van der Waals surface area contributed by atoms with Crippen molar-refractivity contribution in [2.75, 3.05) is 48.6 Å². The minimum Gasteiger partial charge on any atom is -0.378 e. The molecule has 4 rings (SSSR count). The summed E-state index contributed by atoms with van der Waals surface area (Å²) in [5, 5.41) is 9.11. The predicted molar refractivity (Wildman–Crippen MR) is 126 cm³/mol. The van der Waals surface area contributed by atoms with Crippen LogP contribution in [0.25, 0.3) is 0 Å². The summed E-state index contributed by atoms with van der Waals surface area (Å²) in [5.74, 6) is -0.763. The molecule has 0 radical (unpaired) electrons. The summed E-state index contributed by atoms with van der Waals surface area (Å²) in [6, 6.07) is 19.4. The largest absolute Gasteiger partial charge is 0.378 e. The van der Waals surface area contributed by atoms with E-state index in [-0.39, 0.29) is 11.8 Å². The van der Waals surface area contributed by atoms with E-state index in [9.17, 15) is 9.59 Å². The molecule has 0 atom stereocenters. The fraction of sp³-hybridized carbons (Fsp3) is 0.167. The van der Waals surface area contributed by atoms with Crippen LogP contribution in [0.5, 0.6) is 0 Å². The van der Waals surface area contributed by atoms with Gasteiger partial charge in [0.1, 0.15) is 0 Å². The van der Waals surface area contributed by atoms with Gasteiger partial charge in [0.05, 0.1) is 22.5 Å². The fourth-order valence-corrected chi connectivity index (χ4v) is 3.42. The van der Waals surface area contributed by atoms with E-state index in [2.05, 4.69) is 16.0 Å². The average molecular weight is 415 g/mol. The van der Waals surface area contributed by atoms with Crippen LogP contribution < -0.4 is 25.8 Å². The van der Waals surface area contributed by atoms with Gasteiger partial charge < -0.3 is 20.4 Å². The van der Waals surface area contributed by atoms with Crippen LogP contribution in [0.4, 0.5) is 34.1 Å². The summed E-state index contributed by atoms with van der Waals surface area (Å²) in [7, 11) is 7.95. The van der Waals surface area contributed by atoms with Gasteiger partial charge in [0.15, 0.2) is 0 Å². The molecule has 1 aliphatic heterocycles. The summed E-state index contributed by atoms with van der Waals surface area (Å²) >= 11 is 0. The quantitative estimate of drug-likeness (QED) is 0.524. The molecule has 1 heterocycles. The number of hydrogen-bond acceptors (Lipinski definition) is 6. The van der Waals surface area contributed by atoms with Gasteiger partial charge in [0.2, 0.25) is 0 Å². The lowest BCUT2D eigenvalue weighted by atomic mass is 10.1. The normalized spacial score (nSPS) is 12.3. The van der Waals surface area contributed by atoms with E-state index in [0.717, 1.165) is 22.7 Å². The zero-order chi connectivity index (χ0) is 22.1. The summed E-state index contributed by atoms with van der Waals surface area (Å²) in [6.45, 7) is 0. The lowest BCUT2D eigenvalue weighted by Gasteiger charge is -2.18. The van der Waals surface area contributed by atoms with Crippen LogP contribution in [0.2, 0.25) is 0 Å². The van der Waals surface area contributed by atoms with Crippen molar-refractivity contribution < 1.29 is 9.59 Å². The molecule has 7 nitrogen and oxygen atoms in total. The van der Waals surface area contributed by atoms with Crippen molar-refractivity contribution >= 4 is 45.9 Å². The molecule has 0 unspecified atom stereocenters. The number of nitrogens with zero attached hydrogens (tertiary/aromatic N) is 2. The van der Waals surface area contributed by atoms with Crippen molar-refractivity contribution in [3.8, 4) is 0 Å². The fourth-order valence-electron chi connectivity index (χ4n) is 3.42. The van der Waals surface area contributed by atoms with E-state index >= 15 is 0 Å². The summed E-state index contributed by atoms with van der Waals surface area (Å²) in [5.41, 5.74) is 6.07. The summed E-state index contributed by atoms with van der Waals surface area (Å²) < 4.78 is 0. The third-order valence-corrected chi connectivity index (χ3v) is 5.20. The molecule has 3 aromatic carbocycles. The third kappa shape index (κ3) is 4.16. The van der Waals surface area contributed by atoms with E-state index in [4.69, 9.17) is 0 Å². The van der Waals surface area contributed by atoms with Crippen molar-refractivity contribution in [3.05, 3.63) is 71.8 Å². The van der Waals surface area contributed by atoms with Gasteiger partial charge >= 0.3 is 0 Å². The number of fused-ring (bicyclic) bond motifs is 1. The Morgan fingerprint density at radius 1 is 0.613 bits per heavy atom. The summed E-state index contributed by atoms with van der Waals surface area (Å²) in [6.07, 6.45) is 0. The first-order valence-corrected chi connectivity index (χ1v) is 9.94. The van der Waals surface area contributed by atoms with E-state index < -0.39 is 0 Å². The van der Waals surface area contributed by atoms with Crippen molar-refractivity contribution in [1.82, 2.24) is 5.32 Å². The number of carbonyl (C=O) groups is 2. The minimum absolute atomic E-state index is 0.367. The molecule has 0 bridgehead atoms. The van der Waals surface area contributed by atoms with Gasteiger partial charge in [0, 0.05) is 50.9 Å². The molecule has 0 spiro atoms. The third-order valence-electron chi connectivity index (χ3n) is 5.20. The van der Waals surface area contributed by atoms with Crippen molar-refractivity contribution in [1.29, 1.82) is 0 Å². The first kappa shape index (κ1) is 20.3. The van der Waals surface area contributed by atoms with Crippen LogP contribution in [-0.2, 0) is 0 Å². The number of carbonyl (C=O) groups excluding carboxylic acids is 2. The van der Waals surface area contributed by atoms with Gasteiger partial charge in [-0.1, -0.05) is 0 Å². The topological polar surface area (TPSA) is 76.7 Å². The molecule has 0 aromatic heterocycles. The number of hydrogen-bond donors (Lipinski definition) is 3. The van der Waals surface area contributed by atoms with Gasteiger partial charge in [-0.25, -0.2) is 0 Å². The molecule has 0 fully saturated rings. The van der Waals surface area contributed by atoms with Gasteiger partial charge in [-0.3, -0.25) is 14.9 Å². The number of nitrogens with one attached hydrogen (secondary N) is 3. The number of anilines is 6. The van der Waals surface area contributed by atoms with E-state index in [1.54, 1.807) is 12.1 Å². The van der Waals surface area contributed by atoms with Crippen LogP contribution in [-0.4, -0.2) is 40.0 Å². The monoisotopic (exact) mass is 415 g/mol. The van der Waals surface area contributed by atoms with Crippen LogP contribution in [0.1, 0.15) is 20.7 Å². The molecular weight excluding hydrogens is 390 g/mol. The molecule has 3 N–H and O–H groups in total. The second-order valence-electron chi connectivity index (χ2n) is 7.86. The van der Waals surface area contributed by atoms with E-state index in [0.29, 0.717) is 22.5 Å². The molecule has 0 aliphatic carbocycles. The molecule has 1 aliphatic rings. The molecule has 0 saturated heterocycles. The Morgan fingerprint density at radius 2 is 0.968 bits per heavy atom. The number of benzene rings is 3. The Morgan fingerprint density at radius 3 is 1.29 bits per heavy atom. The SMILES string of the molecule is CN(C)c1ccc(Nc2cc3c(cc2Nc2ccc(N(C)C)cc2)C(=O)NC3=O)cc1. The van der Waals surface area contributed by atoms with Crippen molar-refractivity contribution in [3.63, 3.8) is 0 Å². The van der Waals surface area contributed by atoms with Gasteiger partial charge in [-0.05, 0) is 60.7 Å². The second-order valence-corrected chi connectivity index (χ2v) is 7.86. The number of amides is 2. The Balaban J connectivity index is 1.69. The van der Waals surface area contributed by atoms with Crippen LogP contribution in [0, 0.1) is 0 Å². The highest BCUT2D eigenvalue weighted by Gasteiger charge is 2.28. The van der Waals surface area contributed by atoms with Crippen molar-refractivity contribution in [2.24, 2.45) is 0 Å². The highest BCUT2D eigenvalue weighted by Crippen LogP contribution is 2.34. The minimum atomic E-state index is -0.382. The maximum Gasteiger partial charge on any atom is 0.259 e. The van der Waals surface area contributed by atoms with Crippen LogP contribution >= 0.6 is 0 Å². The van der Waals surface area contributed by atoms with Crippen LogP contribution in [0.15, 0.2) is 60.7 Å². The van der Waals surface area contributed by atoms with E-state index in [1.807, 2.05) is 86.5 Å². The van der Waals surface area contributed by atoms with Crippen LogP contribution in [0.3, 0.4) is 0 Å². The molecule has 0 saturated carbocycles. The molecule has 31 heavy (non-hydrogen) atoms. The van der Waals surface area contributed by atoms with Gasteiger partial charge in [-0.15, -0.1) is 0 Å². The molecule has 3 aromatic rings. The molecular formula is C24H25N5O2. The Kier molecular flexibility index (Phi) is 5.25. The lowest BCUT2D eigenvalue weighted by Crippen LogP contribution is -2.19. The number of imide groups is 1. The summed E-state index contributed by atoms with van der Waals surface area (Å²) in [4.78, 5) is 28.4. The second kappa shape index (κ2) is 8.02. The molecule has 2 amide bonds. The van der Waals surface area contributed by atoms with Gasteiger partial charge in [0.25, 0.3) is 11.8 Å². The zero-order valence-electron chi connectivity index (χ0n) is 18.0. The molecule has 158 valence electrons. The highest BCUT2D eigenvalue weighted by molar-refractivity contribution is 6.22. The Labute approximate surface area is 181 Å². The maximum absolute atomic E-state index is 12.2. The Bertz CT molecular complexity index is 1050. The van der Waals surface area contributed by atoms with E-state index in [1.165, 1.54) is 0 Å². The van der Waals surface area contributed by atoms with Crippen molar-refractivity contribution in [2.45, 2.75) is 0 Å². The maximum atomic E-state index is 12.2. The Hall–Kier alpha value is -4.00. The lowest BCUT2D eigenvalue weighted by molar-refractivity contribution is 0.0879. The standard InChI is InChI=1S/C24H25N5O2/c1-28(2)17-9-5-15(6-10-17)25-21-13-19-20(24(31)27-23(19)30)14-22(21)26-16-7-11-18(12-8-16)29(3)4/h5-14,25-26H,1-4H3,(H,27,30,31). The predicted octanol–water partition coefficient (Wildman–Crippen LogP) is 4.19. The molecule has 7 heteroatoms.